The van der Waals surface area contributed by atoms with E-state index < -0.39 is 5.97 Å². The minimum Gasteiger partial charge on any atom is -0.477 e. The molecule has 0 amide bonds. The summed E-state index contributed by atoms with van der Waals surface area (Å²) in [6.07, 6.45) is 2.10. The van der Waals surface area contributed by atoms with Crippen LogP contribution in [-0.4, -0.2) is 16.1 Å². The number of nitrogens with zero attached hydrogens (tertiary/aromatic N) is 1. The summed E-state index contributed by atoms with van der Waals surface area (Å²) in [5.74, 6) is -0.296. The second-order valence-electron chi connectivity index (χ2n) is 5.06. The number of benzene rings is 1. The lowest BCUT2D eigenvalue weighted by Crippen LogP contribution is -2.06. The van der Waals surface area contributed by atoms with Gasteiger partial charge < -0.3 is 9.84 Å². The van der Waals surface area contributed by atoms with Gasteiger partial charge in [-0.05, 0) is 49.6 Å². The van der Waals surface area contributed by atoms with E-state index in [0.717, 1.165) is 18.5 Å². The van der Waals surface area contributed by atoms with Crippen molar-refractivity contribution in [2.24, 2.45) is 0 Å². The van der Waals surface area contributed by atoms with Crippen molar-refractivity contribution in [3.63, 3.8) is 0 Å². The summed E-state index contributed by atoms with van der Waals surface area (Å²) in [4.78, 5) is 15.6. The summed E-state index contributed by atoms with van der Waals surface area (Å²) in [6.45, 7) is 5.69. The highest BCUT2D eigenvalue weighted by Gasteiger charge is 2.17. The van der Waals surface area contributed by atoms with E-state index in [2.05, 4.69) is 11.9 Å². The molecule has 0 bridgehead atoms. The maximum absolute atomic E-state index is 11.4. The zero-order valence-electron chi connectivity index (χ0n) is 12.5. The van der Waals surface area contributed by atoms with Crippen molar-refractivity contribution in [1.29, 1.82) is 0 Å². The molecule has 4 nitrogen and oxygen atoms in total. The van der Waals surface area contributed by atoms with Crippen LogP contribution in [-0.2, 0) is 6.42 Å². The fourth-order valence-electron chi connectivity index (χ4n) is 2.26. The molecule has 21 heavy (non-hydrogen) atoms. The molecule has 0 aliphatic heterocycles. The van der Waals surface area contributed by atoms with Gasteiger partial charge in [0.2, 0.25) is 5.88 Å². The van der Waals surface area contributed by atoms with Crippen LogP contribution < -0.4 is 4.74 Å². The van der Waals surface area contributed by atoms with E-state index in [1.807, 2.05) is 31.2 Å². The lowest BCUT2D eigenvalue weighted by molar-refractivity contribution is 0.0692. The average Bonchev–Trinajstić information content (AvgIpc) is 2.40. The molecular formula is C17H19NO3. The minimum atomic E-state index is -1.03. The lowest BCUT2D eigenvalue weighted by Gasteiger charge is -2.11. The Morgan fingerprint density at radius 1 is 1.24 bits per heavy atom. The van der Waals surface area contributed by atoms with Gasteiger partial charge >= 0.3 is 5.97 Å². The van der Waals surface area contributed by atoms with Crippen LogP contribution in [0.15, 0.2) is 30.3 Å². The SMILES string of the molecule is CCCc1ccc(Oc2nc(C)cc(C)c2C(=O)O)cc1. The Morgan fingerprint density at radius 3 is 2.48 bits per heavy atom. The Morgan fingerprint density at radius 2 is 1.90 bits per heavy atom. The standard InChI is InChI=1S/C17H19NO3/c1-4-5-13-6-8-14(9-7-13)21-16-15(17(19)20)11(2)10-12(3)18-16/h6-10H,4-5H2,1-3H3,(H,19,20). The molecule has 1 heterocycles. The van der Waals surface area contributed by atoms with Gasteiger partial charge in [0.1, 0.15) is 11.3 Å². The molecule has 1 aromatic heterocycles. The number of aromatic carboxylic acids is 1. The van der Waals surface area contributed by atoms with E-state index in [1.54, 1.807) is 13.0 Å². The lowest BCUT2D eigenvalue weighted by atomic mass is 10.1. The number of hydrogen-bond donors (Lipinski definition) is 1. The van der Waals surface area contributed by atoms with Gasteiger partial charge in [-0.25, -0.2) is 9.78 Å². The molecule has 0 spiro atoms. The fraction of sp³-hybridized carbons (Fsp3) is 0.294. The highest BCUT2D eigenvalue weighted by Crippen LogP contribution is 2.26. The summed E-state index contributed by atoms with van der Waals surface area (Å²) in [5, 5.41) is 9.31. The van der Waals surface area contributed by atoms with E-state index in [-0.39, 0.29) is 11.4 Å². The van der Waals surface area contributed by atoms with Crippen LogP contribution in [0.3, 0.4) is 0 Å². The Kier molecular flexibility index (Phi) is 4.58. The number of carboxylic acids is 1. The predicted molar refractivity (Wildman–Crippen MR) is 81.2 cm³/mol. The normalized spacial score (nSPS) is 10.4. The molecule has 110 valence electrons. The third-order valence-electron chi connectivity index (χ3n) is 3.20. The molecule has 1 N–H and O–H groups in total. The summed E-state index contributed by atoms with van der Waals surface area (Å²) in [5.41, 5.74) is 2.72. The van der Waals surface area contributed by atoms with Gasteiger partial charge in [0.15, 0.2) is 0 Å². The Bertz CT molecular complexity index is 648. The van der Waals surface area contributed by atoms with E-state index in [4.69, 9.17) is 4.74 Å². The summed E-state index contributed by atoms with van der Waals surface area (Å²) in [7, 11) is 0. The molecule has 0 saturated carbocycles. The first-order chi connectivity index (χ1) is 10.0. The first kappa shape index (κ1) is 15.0. The highest BCUT2D eigenvalue weighted by molar-refractivity contribution is 5.92. The zero-order chi connectivity index (χ0) is 15.4. The molecule has 1 aromatic carbocycles. The summed E-state index contributed by atoms with van der Waals surface area (Å²) in [6, 6.07) is 9.40. The van der Waals surface area contributed by atoms with Crippen LogP contribution in [0.4, 0.5) is 0 Å². The van der Waals surface area contributed by atoms with Gasteiger partial charge in [0.05, 0.1) is 0 Å². The second-order valence-corrected chi connectivity index (χ2v) is 5.06. The predicted octanol–water partition coefficient (Wildman–Crippen LogP) is 4.14. The topological polar surface area (TPSA) is 59.4 Å². The first-order valence-corrected chi connectivity index (χ1v) is 6.99. The molecule has 2 aromatic rings. The molecule has 0 aliphatic rings. The molecular weight excluding hydrogens is 266 g/mol. The van der Waals surface area contributed by atoms with E-state index in [1.165, 1.54) is 5.56 Å². The van der Waals surface area contributed by atoms with Crippen molar-refractivity contribution in [2.45, 2.75) is 33.6 Å². The molecule has 4 heteroatoms. The second kappa shape index (κ2) is 6.39. The number of aryl methyl sites for hydroxylation is 3. The molecule has 2 rings (SSSR count). The minimum absolute atomic E-state index is 0.109. The number of aromatic nitrogens is 1. The average molecular weight is 285 g/mol. The summed E-state index contributed by atoms with van der Waals surface area (Å²) < 4.78 is 5.67. The van der Waals surface area contributed by atoms with Crippen LogP contribution in [0.1, 0.15) is 40.5 Å². The maximum Gasteiger partial charge on any atom is 0.341 e. The Hall–Kier alpha value is -2.36. The van der Waals surface area contributed by atoms with Crippen LogP contribution in [0.5, 0.6) is 11.6 Å². The quantitative estimate of drug-likeness (QED) is 0.896. The Labute approximate surface area is 124 Å². The van der Waals surface area contributed by atoms with Gasteiger partial charge in [-0.15, -0.1) is 0 Å². The highest BCUT2D eigenvalue weighted by atomic mass is 16.5. The number of hydrogen-bond acceptors (Lipinski definition) is 3. The van der Waals surface area contributed by atoms with Gasteiger partial charge in [-0.2, -0.15) is 0 Å². The number of carbonyl (C=O) groups is 1. The number of rotatable bonds is 5. The van der Waals surface area contributed by atoms with E-state index in [0.29, 0.717) is 11.3 Å². The fourth-order valence-corrected chi connectivity index (χ4v) is 2.26. The van der Waals surface area contributed by atoms with Crippen LogP contribution >= 0.6 is 0 Å². The van der Waals surface area contributed by atoms with Gasteiger partial charge in [0.25, 0.3) is 0 Å². The number of ether oxygens (including phenoxy) is 1. The maximum atomic E-state index is 11.4. The number of carboxylic acid groups (broad SMARTS) is 1. The molecule has 0 fully saturated rings. The Balaban J connectivity index is 2.32. The molecule has 0 radical (unpaired) electrons. The summed E-state index contributed by atoms with van der Waals surface area (Å²) >= 11 is 0. The monoisotopic (exact) mass is 285 g/mol. The largest absolute Gasteiger partial charge is 0.477 e. The van der Waals surface area contributed by atoms with E-state index >= 15 is 0 Å². The van der Waals surface area contributed by atoms with Crippen LogP contribution in [0.25, 0.3) is 0 Å². The van der Waals surface area contributed by atoms with Crippen LogP contribution in [0.2, 0.25) is 0 Å². The third-order valence-corrected chi connectivity index (χ3v) is 3.20. The number of pyridine rings is 1. The third kappa shape index (κ3) is 3.60. The van der Waals surface area contributed by atoms with Crippen molar-refractivity contribution in [2.75, 3.05) is 0 Å². The smallest absolute Gasteiger partial charge is 0.341 e. The first-order valence-electron chi connectivity index (χ1n) is 6.99. The van der Waals surface area contributed by atoms with Crippen molar-refractivity contribution in [3.05, 3.63) is 52.7 Å². The van der Waals surface area contributed by atoms with Crippen molar-refractivity contribution >= 4 is 5.97 Å². The van der Waals surface area contributed by atoms with Crippen LogP contribution in [0, 0.1) is 13.8 Å². The van der Waals surface area contributed by atoms with Crippen molar-refractivity contribution in [1.82, 2.24) is 4.98 Å². The van der Waals surface area contributed by atoms with Crippen molar-refractivity contribution < 1.29 is 14.6 Å². The van der Waals surface area contributed by atoms with E-state index in [9.17, 15) is 9.90 Å². The zero-order valence-corrected chi connectivity index (χ0v) is 12.5. The molecule has 0 aliphatic carbocycles. The van der Waals surface area contributed by atoms with Crippen molar-refractivity contribution in [3.8, 4) is 11.6 Å². The van der Waals surface area contributed by atoms with Gasteiger partial charge in [0, 0.05) is 5.69 Å². The molecule has 0 saturated heterocycles. The molecule has 0 unspecified atom stereocenters. The van der Waals surface area contributed by atoms with Gasteiger partial charge in [-0.1, -0.05) is 25.5 Å². The van der Waals surface area contributed by atoms with Gasteiger partial charge in [-0.3, -0.25) is 0 Å². The molecule has 0 atom stereocenters.